The number of nitro benzene ring substituents is 1. The van der Waals surface area contributed by atoms with Gasteiger partial charge in [-0.15, -0.1) is 0 Å². The highest BCUT2D eigenvalue weighted by molar-refractivity contribution is 6.03. The summed E-state index contributed by atoms with van der Waals surface area (Å²) >= 11 is 0. The van der Waals surface area contributed by atoms with Gasteiger partial charge in [-0.1, -0.05) is 18.2 Å². The Labute approximate surface area is 168 Å². The van der Waals surface area contributed by atoms with Gasteiger partial charge in [0.15, 0.2) is 18.1 Å². The van der Waals surface area contributed by atoms with Crippen LogP contribution in [0.3, 0.4) is 0 Å². The third kappa shape index (κ3) is 4.09. The SMILES string of the molecule is COc1cc(NC(=O)COC(=O)c2n[nH]c(=O)c3ccccc23)c(C)cc1[N+](=O)[O-]. The molecule has 1 aromatic heterocycles. The molecule has 11 nitrogen and oxygen atoms in total. The zero-order chi connectivity index (χ0) is 21.8. The molecule has 2 aromatic carbocycles. The molecule has 0 bridgehead atoms. The zero-order valence-electron chi connectivity index (χ0n) is 15.9. The number of aryl methyl sites for hydroxylation is 1. The molecule has 0 aliphatic carbocycles. The van der Waals surface area contributed by atoms with E-state index in [0.29, 0.717) is 10.9 Å². The Morgan fingerprint density at radius 1 is 1.23 bits per heavy atom. The van der Waals surface area contributed by atoms with Crippen LogP contribution in [0, 0.1) is 17.0 Å². The van der Waals surface area contributed by atoms with Crippen molar-refractivity contribution in [3.05, 3.63) is 68.1 Å². The molecule has 0 radical (unpaired) electrons. The second-order valence-corrected chi connectivity index (χ2v) is 6.17. The summed E-state index contributed by atoms with van der Waals surface area (Å²) in [6.07, 6.45) is 0. The van der Waals surface area contributed by atoms with Crippen molar-refractivity contribution >= 4 is 34.0 Å². The van der Waals surface area contributed by atoms with Crippen LogP contribution >= 0.6 is 0 Å². The number of aromatic amines is 1. The first-order chi connectivity index (χ1) is 14.3. The Morgan fingerprint density at radius 3 is 2.60 bits per heavy atom. The molecule has 0 aliphatic rings. The number of carbonyl (C=O) groups is 2. The fraction of sp³-hybridized carbons (Fsp3) is 0.158. The smallest absolute Gasteiger partial charge is 0.359 e. The molecule has 3 rings (SSSR count). The van der Waals surface area contributed by atoms with Crippen molar-refractivity contribution < 1.29 is 24.0 Å². The van der Waals surface area contributed by atoms with Gasteiger partial charge in [0.05, 0.1) is 17.4 Å². The molecule has 0 fully saturated rings. The van der Waals surface area contributed by atoms with E-state index < -0.39 is 29.0 Å². The lowest BCUT2D eigenvalue weighted by Crippen LogP contribution is -2.23. The first-order valence-electron chi connectivity index (χ1n) is 8.59. The molecule has 0 saturated carbocycles. The van der Waals surface area contributed by atoms with Gasteiger partial charge in [0.25, 0.3) is 11.5 Å². The molecule has 1 amide bonds. The number of hydrogen-bond acceptors (Lipinski definition) is 8. The number of amides is 1. The molecule has 0 saturated heterocycles. The van der Waals surface area contributed by atoms with E-state index in [1.54, 1.807) is 25.1 Å². The molecule has 1 heterocycles. The van der Waals surface area contributed by atoms with Gasteiger partial charge in [-0.25, -0.2) is 9.89 Å². The number of carbonyl (C=O) groups excluding carboxylic acids is 2. The summed E-state index contributed by atoms with van der Waals surface area (Å²) in [6.45, 7) is 0.942. The molecule has 0 spiro atoms. The van der Waals surface area contributed by atoms with Gasteiger partial charge in [-0.3, -0.25) is 19.7 Å². The fourth-order valence-corrected chi connectivity index (χ4v) is 2.77. The maximum absolute atomic E-state index is 12.3. The van der Waals surface area contributed by atoms with E-state index in [1.165, 1.54) is 25.3 Å². The fourth-order valence-electron chi connectivity index (χ4n) is 2.77. The number of rotatable bonds is 6. The molecule has 0 atom stereocenters. The summed E-state index contributed by atoms with van der Waals surface area (Å²) < 4.78 is 9.97. The molecule has 11 heteroatoms. The number of nitrogens with one attached hydrogen (secondary N) is 2. The van der Waals surface area contributed by atoms with Crippen LogP contribution in [0.2, 0.25) is 0 Å². The molecule has 3 aromatic rings. The third-order valence-corrected chi connectivity index (χ3v) is 4.22. The summed E-state index contributed by atoms with van der Waals surface area (Å²) in [5, 5.41) is 20.0. The molecular formula is C19H16N4O7. The monoisotopic (exact) mass is 412 g/mol. The minimum atomic E-state index is -0.893. The van der Waals surface area contributed by atoms with Crippen molar-refractivity contribution in [2.24, 2.45) is 0 Å². The molecular weight excluding hydrogens is 396 g/mol. The zero-order valence-corrected chi connectivity index (χ0v) is 15.9. The predicted octanol–water partition coefficient (Wildman–Crippen LogP) is 1.94. The Bertz CT molecular complexity index is 1220. The van der Waals surface area contributed by atoms with E-state index >= 15 is 0 Å². The van der Waals surface area contributed by atoms with Gasteiger partial charge in [-0.2, -0.15) is 5.10 Å². The maximum Gasteiger partial charge on any atom is 0.359 e. The Balaban J connectivity index is 1.73. The first-order valence-corrected chi connectivity index (χ1v) is 8.59. The number of benzene rings is 2. The summed E-state index contributed by atoms with van der Waals surface area (Å²) in [5.41, 5.74) is -0.134. The van der Waals surface area contributed by atoms with E-state index in [0.717, 1.165) is 0 Å². The van der Waals surface area contributed by atoms with Gasteiger partial charge >= 0.3 is 11.7 Å². The van der Waals surface area contributed by atoms with Crippen molar-refractivity contribution in [3.63, 3.8) is 0 Å². The highest BCUT2D eigenvalue weighted by Crippen LogP contribution is 2.32. The highest BCUT2D eigenvalue weighted by Gasteiger charge is 2.20. The van der Waals surface area contributed by atoms with Gasteiger partial charge < -0.3 is 14.8 Å². The van der Waals surface area contributed by atoms with Crippen LogP contribution in [0.15, 0.2) is 41.2 Å². The molecule has 0 unspecified atom stereocenters. The average Bonchev–Trinajstić information content (AvgIpc) is 2.73. The number of nitrogens with zero attached hydrogens (tertiary/aromatic N) is 2. The van der Waals surface area contributed by atoms with Crippen molar-refractivity contribution in [1.82, 2.24) is 10.2 Å². The molecule has 154 valence electrons. The van der Waals surface area contributed by atoms with Crippen LogP contribution in [-0.4, -0.2) is 40.7 Å². The second kappa shape index (κ2) is 8.39. The first kappa shape index (κ1) is 20.5. The Morgan fingerprint density at radius 2 is 1.93 bits per heavy atom. The second-order valence-electron chi connectivity index (χ2n) is 6.17. The lowest BCUT2D eigenvalue weighted by atomic mass is 10.1. The summed E-state index contributed by atoms with van der Waals surface area (Å²) in [6, 6.07) is 8.92. The number of esters is 1. The number of hydrogen-bond donors (Lipinski definition) is 2. The van der Waals surface area contributed by atoms with Crippen molar-refractivity contribution in [3.8, 4) is 5.75 Å². The lowest BCUT2D eigenvalue weighted by molar-refractivity contribution is -0.385. The summed E-state index contributed by atoms with van der Waals surface area (Å²) in [5.74, 6) is -1.59. The Kier molecular flexibility index (Phi) is 5.72. The minimum Gasteiger partial charge on any atom is -0.490 e. The molecule has 30 heavy (non-hydrogen) atoms. The topological polar surface area (TPSA) is 154 Å². The quantitative estimate of drug-likeness (QED) is 0.354. The number of anilines is 1. The molecule has 2 N–H and O–H groups in total. The van der Waals surface area contributed by atoms with Crippen LogP contribution in [0.25, 0.3) is 10.8 Å². The lowest BCUT2D eigenvalue weighted by Gasteiger charge is -2.11. The van der Waals surface area contributed by atoms with Gasteiger partial charge in [0, 0.05) is 23.2 Å². The number of H-pyrrole nitrogens is 1. The number of fused-ring (bicyclic) bond motifs is 1. The van der Waals surface area contributed by atoms with Gasteiger partial charge in [0.2, 0.25) is 0 Å². The standard InChI is InChI=1S/C19H16N4O7/c1-10-7-14(23(27)28)15(29-2)8-13(10)20-16(24)9-30-19(26)17-11-5-3-4-6-12(11)18(25)22-21-17/h3-8H,9H2,1-2H3,(H,20,24)(H,22,25). The predicted molar refractivity (Wildman–Crippen MR) is 106 cm³/mol. The normalized spacial score (nSPS) is 10.5. The number of nitro groups is 1. The van der Waals surface area contributed by atoms with Gasteiger partial charge in [0.1, 0.15) is 0 Å². The highest BCUT2D eigenvalue weighted by atomic mass is 16.6. The van der Waals surface area contributed by atoms with Crippen molar-refractivity contribution in [2.45, 2.75) is 6.92 Å². The number of ether oxygens (including phenoxy) is 2. The summed E-state index contributed by atoms with van der Waals surface area (Å²) in [7, 11) is 1.27. The van der Waals surface area contributed by atoms with Crippen molar-refractivity contribution in [1.29, 1.82) is 0 Å². The van der Waals surface area contributed by atoms with Crippen LogP contribution in [0.4, 0.5) is 11.4 Å². The van der Waals surface area contributed by atoms with Crippen LogP contribution in [0.5, 0.6) is 5.75 Å². The minimum absolute atomic E-state index is 0.0261. The van der Waals surface area contributed by atoms with Crippen LogP contribution in [-0.2, 0) is 9.53 Å². The van der Waals surface area contributed by atoms with E-state index in [4.69, 9.17) is 9.47 Å². The third-order valence-electron chi connectivity index (χ3n) is 4.22. The summed E-state index contributed by atoms with van der Waals surface area (Å²) in [4.78, 5) is 46.8. The Hall–Kier alpha value is -4.28. The van der Waals surface area contributed by atoms with Crippen molar-refractivity contribution in [2.75, 3.05) is 19.0 Å². The van der Waals surface area contributed by atoms with E-state index in [-0.39, 0.29) is 28.2 Å². The number of aromatic nitrogens is 2. The van der Waals surface area contributed by atoms with Crippen LogP contribution < -0.4 is 15.6 Å². The average molecular weight is 412 g/mol. The molecule has 0 aliphatic heterocycles. The van der Waals surface area contributed by atoms with E-state index in [2.05, 4.69) is 15.5 Å². The maximum atomic E-state index is 12.3. The largest absolute Gasteiger partial charge is 0.490 e. The van der Waals surface area contributed by atoms with E-state index in [9.17, 15) is 24.5 Å². The van der Waals surface area contributed by atoms with E-state index in [1.807, 2.05) is 0 Å². The van der Waals surface area contributed by atoms with Crippen LogP contribution in [0.1, 0.15) is 16.1 Å². The number of methoxy groups -OCH3 is 1. The van der Waals surface area contributed by atoms with Gasteiger partial charge in [-0.05, 0) is 18.6 Å².